The molecule has 0 aromatic rings. The maximum Gasteiger partial charge on any atom is 0.306 e. The number of rotatable bonds is 50. The van der Waals surface area contributed by atoms with Crippen LogP contribution in [-0.4, -0.2) is 37.2 Å². The molecule has 0 fully saturated rings. The molecule has 0 N–H and O–H groups in total. The number of unbranched alkanes of at least 4 members (excludes halogenated alkanes) is 23. The van der Waals surface area contributed by atoms with Crippen molar-refractivity contribution in [3.8, 4) is 0 Å². The Kier molecular flexibility index (Phi) is 52.9. The van der Waals surface area contributed by atoms with Crippen molar-refractivity contribution in [2.45, 2.75) is 264 Å². The number of ether oxygens (including phenoxy) is 3. The molecule has 0 spiro atoms. The van der Waals surface area contributed by atoms with Gasteiger partial charge >= 0.3 is 17.9 Å². The number of carbonyl (C=O) groups excluding carboxylic acids is 3. The molecule has 0 amide bonds. The van der Waals surface area contributed by atoms with E-state index in [9.17, 15) is 14.4 Å². The second-order valence-electron chi connectivity index (χ2n) is 18.5. The minimum atomic E-state index is -0.816. The maximum atomic E-state index is 12.8. The van der Waals surface area contributed by atoms with Crippen LogP contribution in [0.5, 0.6) is 0 Å². The van der Waals surface area contributed by atoms with Crippen molar-refractivity contribution in [1.82, 2.24) is 0 Å². The van der Waals surface area contributed by atoms with E-state index in [0.29, 0.717) is 19.3 Å². The van der Waals surface area contributed by atoms with E-state index in [0.717, 1.165) is 103 Å². The Morgan fingerprint density at radius 1 is 0.309 bits per heavy atom. The summed E-state index contributed by atoms with van der Waals surface area (Å²) >= 11 is 0. The lowest BCUT2D eigenvalue weighted by Crippen LogP contribution is -2.30. The van der Waals surface area contributed by atoms with E-state index < -0.39 is 6.10 Å². The van der Waals surface area contributed by atoms with E-state index in [2.05, 4.69) is 118 Å². The first kappa shape index (κ1) is 64.3. The van der Waals surface area contributed by atoms with Crippen molar-refractivity contribution in [2.24, 2.45) is 0 Å². The second kappa shape index (κ2) is 55.9. The SMILES string of the molecule is CC/C=C\C/C=C\C/C=C\C/C=C\C/C=C\CCCC(=O)O[C@H](COC(=O)CCCCCCC/C=C\C/C=C\CCCC)COC(=O)CCCCCCCCC/C=C\CCCCCCCCCC. The Labute approximate surface area is 419 Å². The Balaban J connectivity index is 4.48. The first-order chi connectivity index (χ1) is 33.5. The predicted molar refractivity (Wildman–Crippen MR) is 293 cm³/mol. The average molecular weight is 946 g/mol. The molecule has 6 heteroatoms. The van der Waals surface area contributed by atoms with Gasteiger partial charge in [0.05, 0.1) is 0 Å². The highest BCUT2D eigenvalue weighted by atomic mass is 16.6. The van der Waals surface area contributed by atoms with Gasteiger partial charge in [-0.1, -0.05) is 227 Å². The molecule has 0 aromatic carbocycles. The molecule has 68 heavy (non-hydrogen) atoms. The summed E-state index contributed by atoms with van der Waals surface area (Å²) < 4.78 is 16.8. The summed E-state index contributed by atoms with van der Waals surface area (Å²) in [5.74, 6) is -0.983. The molecule has 0 aliphatic rings. The van der Waals surface area contributed by atoms with E-state index in [-0.39, 0.29) is 37.5 Å². The molecular weight excluding hydrogens is 841 g/mol. The van der Waals surface area contributed by atoms with Gasteiger partial charge in [-0.25, -0.2) is 0 Å². The van der Waals surface area contributed by atoms with Gasteiger partial charge in [-0.2, -0.15) is 0 Å². The van der Waals surface area contributed by atoms with Crippen LogP contribution in [0.1, 0.15) is 258 Å². The van der Waals surface area contributed by atoms with Crippen molar-refractivity contribution in [1.29, 1.82) is 0 Å². The molecule has 388 valence electrons. The highest BCUT2D eigenvalue weighted by molar-refractivity contribution is 5.71. The number of allylic oxidation sites excluding steroid dienone is 16. The third kappa shape index (κ3) is 53.3. The maximum absolute atomic E-state index is 12.8. The Morgan fingerprint density at radius 3 is 1.00 bits per heavy atom. The highest BCUT2D eigenvalue weighted by Crippen LogP contribution is 2.14. The molecule has 0 unspecified atom stereocenters. The van der Waals surface area contributed by atoms with Crippen LogP contribution in [0.25, 0.3) is 0 Å². The molecule has 6 nitrogen and oxygen atoms in total. The van der Waals surface area contributed by atoms with Gasteiger partial charge in [-0.3, -0.25) is 14.4 Å². The van der Waals surface area contributed by atoms with Gasteiger partial charge in [-0.05, 0) is 109 Å². The summed E-state index contributed by atoms with van der Waals surface area (Å²) in [4.78, 5) is 38.1. The summed E-state index contributed by atoms with van der Waals surface area (Å²) in [6.45, 7) is 6.43. The van der Waals surface area contributed by atoms with Gasteiger partial charge in [0.1, 0.15) is 13.2 Å². The molecule has 0 bridgehead atoms. The van der Waals surface area contributed by atoms with Crippen LogP contribution in [0.3, 0.4) is 0 Å². The van der Waals surface area contributed by atoms with Gasteiger partial charge in [0, 0.05) is 19.3 Å². The average Bonchev–Trinajstić information content (AvgIpc) is 3.34. The van der Waals surface area contributed by atoms with Crippen LogP contribution in [0.4, 0.5) is 0 Å². The van der Waals surface area contributed by atoms with Crippen molar-refractivity contribution >= 4 is 17.9 Å². The molecule has 1 atom stereocenters. The topological polar surface area (TPSA) is 78.9 Å². The highest BCUT2D eigenvalue weighted by Gasteiger charge is 2.19. The fraction of sp³-hybridized carbons (Fsp3) is 0.694. The lowest BCUT2D eigenvalue weighted by molar-refractivity contribution is -0.167. The number of esters is 3. The van der Waals surface area contributed by atoms with Crippen LogP contribution in [0, 0.1) is 0 Å². The van der Waals surface area contributed by atoms with Gasteiger partial charge in [0.15, 0.2) is 6.10 Å². The minimum Gasteiger partial charge on any atom is -0.462 e. The summed E-state index contributed by atoms with van der Waals surface area (Å²) in [6.07, 6.45) is 74.0. The van der Waals surface area contributed by atoms with Crippen LogP contribution in [0.15, 0.2) is 97.2 Å². The number of hydrogen-bond donors (Lipinski definition) is 0. The molecule has 0 aromatic heterocycles. The molecule has 0 saturated heterocycles. The summed E-state index contributed by atoms with van der Waals surface area (Å²) in [5, 5.41) is 0. The summed E-state index contributed by atoms with van der Waals surface area (Å²) in [5.41, 5.74) is 0. The third-order valence-corrected chi connectivity index (χ3v) is 11.8. The predicted octanol–water partition coefficient (Wildman–Crippen LogP) is 18.9. The van der Waals surface area contributed by atoms with Crippen LogP contribution < -0.4 is 0 Å². The zero-order valence-electron chi connectivity index (χ0n) is 44.3. The van der Waals surface area contributed by atoms with Crippen LogP contribution in [0.2, 0.25) is 0 Å². The second-order valence-corrected chi connectivity index (χ2v) is 18.5. The minimum absolute atomic E-state index is 0.107. The first-order valence-electron chi connectivity index (χ1n) is 28.2. The zero-order valence-corrected chi connectivity index (χ0v) is 44.3. The number of carbonyl (C=O) groups is 3. The van der Waals surface area contributed by atoms with E-state index in [1.54, 1.807) is 0 Å². The van der Waals surface area contributed by atoms with Crippen molar-refractivity contribution in [2.75, 3.05) is 13.2 Å². The number of hydrogen-bond acceptors (Lipinski definition) is 6. The molecule has 0 rings (SSSR count). The Bertz CT molecular complexity index is 1360. The van der Waals surface area contributed by atoms with Crippen molar-refractivity contribution < 1.29 is 28.6 Å². The lowest BCUT2D eigenvalue weighted by Gasteiger charge is -2.18. The molecule has 0 aliphatic carbocycles. The smallest absolute Gasteiger partial charge is 0.306 e. The van der Waals surface area contributed by atoms with Crippen molar-refractivity contribution in [3.63, 3.8) is 0 Å². The van der Waals surface area contributed by atoms with Crippen LogP contribution >= 0.6 is 0 Å². The lowest BCUT2D eigenvalue weighted by atomic mass is 10.1. The molecular formula is C62H104O6. The van der Waals surface area contributed by atoms with Gasteiger partial charge in [0.25, 0.3) is 0 Å². The molecule has 0 radical (unpaired) electrons. The zero-order chi connectivity index (χ0) is 49.3. The Morgan fingerprint density at radius 2 is 0.603 bits per heavy atom. The van der Waals surface area contributed by atoms with Crippen LogP contribution in [-0.2, 0) is 28.6 Å². The van der Waals surface area contributed by atoms with Gasteiger partial charge < -0.3 is 14.2 Å². The van der Waals surface area contributed by atoms with E-state index in [1.807, 2.05) is 0 Å². The Hall–Kier alpha value is -3.67. The third-order valence-electron chi connectivity index (χ3n) is 11.8. The fourth-order valence-electron chi connectivity index (χ4n) is 7.55. The molecule has 0 heterocycles. The normalized spacial score (nSPS) is 12.8. The summed E-state index contributed by atoms with van der Waals surface area (Å²) in [7, 11) is 0. The largest absolute Gasteiger partial charge is 0.462 e. The first-order valence-corrected chi connectivity index (χ1v) is 28.2. The standard InChI is InChI=1S/C62H104O6/c1-4-7-10-13-16-19-22-25-28-30-31-33-34-37-40-43-46-49-52-55-61(64)67-58-59(57-66-60(63)54-51-48-45-42-39-36-27-24-21-18-15-12-9-6-3)68-62(65)56-53-50-47-44-41-38-35-32-29-26-23-20-17-14-11-8-5-2/h8,11,15,17-18,20,24,26-27,29-31,35,38,44,47,59H,4-7,9-10,12-14,16,19,21-23,25,28,32-34,36-37,39-43,45-46,48-58H2,1-3H3/b11-8-,18-15-,20-17-,27-24-,29-26-,31-30-,38-35-,47-44-/t59-/m1/s1. The monoisotopic (exact) mass is 945 g/mol. The van der Waals surface area contributed by atoms with E-state index in [4.69, 9.17) is 14.2 Å². The molecule has 0 saturated carbocycles. The van der Waals surface area contributed by atoms with E-state index in [1.165, 1.54) is 109 Å². The quantitative estimate of drug-likeness (QED) is 0.0262. The fourth-order valence-corrected chi connectivity index (χ4v) is 7.55. The summed E-state index contributed by atoms with van der Waals surface area (Å²) in [6, 6.07) is 0. The molecule has 0 aliphatic heterocycles. The van der Waals surface area contributed by atoms with E-state index >= 15 is 0 Å². The van der Waals surface area contributed by atoms with Gasteiger partial charge in [-0.15, -0.1) is 0 Å². The van der Waals surface area contributed by atoms with Crippen molar-refractivity contribution in [3.05, 3.63) is 97.2 Å². The van der Waals surface area contributed by atoms with Gasteiger partial charge in [0.2, 0.25) is 0 Å².